The molecule has 164 valence electrons. The highest BCUT2D eigenvalue weighted by atomic mass is 19.1. The minimum Gasteiger partial charge on any atom is -0.486 e. The van der Waals surface area contributed by atoms with Crippen molar-refractivity contribution in [3.8, 4) is 5.75 Å². The molecule has 7 heteroatoms. The molecule has 29 heavy (non-hydrogen) atoms. The zero-order valence-corrected chi connectivity index (χ0v) is 18.5. The Labute approximate surface area is 173 Å². The first-order chi connectivity index (χ1) is 13.5. The number of carbonyl (C=O) groups excluding carboxylic acids is 2. The van der Waals surface area contributed by atoms with Crippen molar-refractivity contribution in [2.24, 2.45) is 5.92 Å². The van der Waals surface area contributed by atoms with Gasteiger partial charge in [0.15, 0.2) is 0 Å². The van der Waals surface area contributed by atoms with Crippen molar-refractivity contribution < 1.29 is 28.2 Å². The molecule has 0 saturated heterocycles. The largest absolute Gasteiger partial charge is 0.486 e. The number of halogens is 1. The maximum Gasteiger partial charge on any atom is 0.408 e. The summed E-state index contributed by atoms with van der Waals surface area (Å²) in [5, 5.41) is 2.48. The van der Waals surface area contributed by atoms with Crippen LogP contribution >= 0.6 is 0 Å². The van der Waals surface area contributed by atoms with Crippen molar-refractivity contribution in [2.75, 3.05) is 0 Å². The number of hydrogen-bond donors (Lipinski definition) is 1. The summed E-state index contributed by atoms with van der Waals surface area (Å²) in [4.78, 5) is 24.3. The number of esters is 1. The third kappa shape index (κ3) is 8.71. The van der Waals surface area contributed by atoms with E-state index >= 15 is 0 Å². The van der Waals surface area contributed by atoms with Crippen LogP contribution in [0.4, 0.5) is 9.18 Å². The molecule has 1 N–H and O–H groups in total. The van der Waals surface area contributed by atoms with Gasteiger partial charge in [0.2, 0.25) is 0 Å². The van der Waals surface area contributed by atoms with Crippen molar-refractivity contribution in [3.05, 3.63) is 30.1 Å². The average molecular weight is 412 g/mol. The molecule has 0 bridgehead atoms. The summed E-state index contributed by atoms with van der Waals surface area (Å²) < 4.78 is 30.0. The van der Waals surface area contributed by atoms with Crippen LogP contribution in [0.1, 0.15) is 61.3 Å². The molecule has 0 unspecified atom stereocenters. The predicted molar refractivity (Wildman–Crippen MR) is 109 cm³/mol. The summed E-state index contributed by atoms with van der Waals surface area (Å²) in [5.74, 6) is -0.289. The van der Waals surface area contributed by atoms with E-state index in [9.17, 15) is 14.0 Å². The van der Waals surface area contributed by atoms with Gasteiger partial charge in [-0.1, -0.05) is 13.8 Å². The molecule has 0 spiro atoms. The molecule has 0 radical (unpaired) electrons. The van der Waals surface area contributed by atoms with Crippen molar-refractivity contribution in [2.45, 2.75) is 85.2 Å². The minimum absolute atomic E-state index is 0.136. The van der Waals surface area contributed by atoms with Crippen LogP contribution in [-0.4, -0.2) is 35.9 Å². The number of benzene rings is 1. The summed E-state index contributed by atoms with van der Waals surface area (Å²) in [6, 6.07) is 4.86. The molecule has 0 aliphatic carbocycles. The Bertz CT molecular complexity index is 652. The van der Waals surface area contributed by atoms with Gasteiger partial charge in [-0.3, -0.25) is 0 Å². The molecule has 3 atom stereocenters. The number of alkyl carbamates (subject to hydrolysis) is 1. The lowest BCUT2D eigenvalue weighted by Crippen LogP contribution is -2.46. The topological polar surface area (TPSA) is 73.9 Å². The molecule has 0 fully saturated rings. The number of hydrogen-bond acceptors (Lipinski definition) is 5. The molecule has 0 aliphatic rings. The lowest BCUT2D eigenvalue weighted by atomic mass is 9.93. The highest BCUT2D eigenvalue weighted by Crippen LogP contribution is 2.25. The standard InChI is InChI=1S/C22H34FNO5/c1-8-16(9-2)19(28-18-12-10-17(23)11-13-18)15(4)27-20(25)14(3)24-21(26)29-22(5,6)7/h10-16,19H,8-9H2,1-7H3,(H,24,26)/t14-,15-,19-/m0/s1. The van der Waals surface area contributed by atoms with Crippen LogP contribution in [0, 0.1) is 11.7 Å². The number of rotatable bonds is 9. The van der Waals surface area contributed by atoms with Gasteiger partial charge in [-0.05, 0) is 77.6 Å². The molecule has 6 nitrogen and oxygen atoms in total. The van der Waals surface area contributed by atoms with Crippen LogP contribution in [0.2, 0.25) is 0 Å². The van der Waals surface area contributed by atoms with Crippen LogP contribution in [0.5, 0.6) is 5.75 Å². The smallest absolute Gasteiger partial charge is 0.408 e. The number of carbonyl (C=O) groups is 2. The quantitative estimate of drug-likeness (QED) is 0.588. The van der Waals surface area contributed by atoms with E-state index in [1.165, 1.54) is 19.1 Å². The van der Waals surface area contributed by atoms with Crippen LogP contribution in [0.3, 0.4) is 0 Å². The van der Waals surface area contributed by atoms with Crippen molar-refractivity contribution in [3.63, 3.8) is 0 Å². The molecule has 1 aromatic rings. The van der Waals surface area contributed by atoms with E-state index in [-0.39, 0.29) is 11.7 Å². The molecule has 1 aromatic carbocycles. The third-order valence-corrected chi connectivity index (χ3v) is 4.45. The lowest BCUT2D eigenvalue weighted by Gasteiger charge is -2.31. The van der Waals surface area contributed by atoms with Crippen LogP contribution in [-0.2, 0) is 14.3 Å². The lowest BCUT2D eigenvalue weighted by molar-refractivity contribution is -0.156. The second kappa shape index (κ2) is 11.0. The van der Waals surface area contributed by atoms with E-state index in [2.05, 4.69) is 5.32 Å². The monoisotopic (exact) mass is 411 g/mol. The first kappa shape index (κ1) is 24.7. The van der Waals surface area contributed by atoms with Gasteiger partial charge in [0.05, 0.1) is 0 Å². The van der Waals surface area contributed by atoms with E-state index in [4.69, 9.17) is 14.2 Å². The molecule has 0 heterocycles. The summed E-state index contributed by atoms with van der Waals surface area (Å²) in [5.41, 5.74) is -0.662. The zero-order valence-electron chi connectivity index (χ0n) is 18.5. The number of amides is 1. The SMILES string of the molecule is CCC(CC)[C@@H](Oc1ccc(F)cc1)[C@H](C)OC(=O)[C@H](C)NC(=O)OC(C)(C)C. The Morgan fingerprint density at radius 3 is 2.10 bits per heavy atom. The van der Waals surface area contributed by atoms with E-state index in [0.717, 1.165) is 12.8 Å². The van der Waals surface area contributed by atoms with Gasteiger partial charge < -0.3 is 19.5 Å². The second-order valence-corrected chi connectivity index (χ2v) is 8.12. The highest BCUT2D eigenvalue weighted by Gasteiger charge is 2.31. The van der Waals surface area contributed by atoms with E-state index in [0.29, 0.717) is 5.75 Å². The first-order valence-electron chi connectivity index (χ1n) is 10.1. The summed E-state index contributed by atoms with van der Waals surface area (Å²) in [6.45, 7) is 12.6. The maximum absolute atomic E-state index is 13.2. The third-order valence-electron chi connectivity index (χ3n) is 4.45. The fraction of sp³-hybridized carbons (Fsp3) is 0.636. The molecule has 1 rings (SSSR count). The van der Waals surface area contributed by atoms with E-state index < -0.39 is 35.9 Å². The number of nitrogens with one attached hydrogen (secondary N) is 1. The van der Waals surface area contributed by atoms with E-state index in [1.54, 1.807) is 39.8 Å². The Morgan fingerprint density at radius 1 is 1.07 bits per heavy atom. The maximum atomic E-state index is 13.2. The summed E-state index contributed by atoms with van der Waals surface area (Å²) in [6.07, 6.45) is -0.00598. The molecule has 1 amide bonds. The number of ether oxygens (including phenoxy) is 3. The molecule has 0 saturated carbocycles. The van der Waals surface area contributed by atoms with Gasteiger partial charge in [-0.15, -0.1) is 0 Å². The molecule has 0 aromatic heterocycles. The van der Waals surface area contributed by atoms with Gasteiger partial charge in [0.25, 0.3) is 0 Å². The second-order valence-electron chi connectivity index (χ2n) is 8.12. The molecule has 0 aliphatic heterocycles. The Kier molecular flexibility index (Phi) is 9.40. The highest BCUT2D eigenvalue weighted by molar-refractivity contribution is 5.81. The Hall–Kier alpha value is -2.31. The van der Waals surface area contributed by atoms with Gasteiger partial charge in [0, 0.05) is 0 Å². The zero-order chi connectivity index (χ0) is 22.2. The average Bonchev–Trinajstić information content (AvgIpc) is 2.61. The Morgan fingerprint density at radius 2 is 1.62 bits per heavy atom. The van der Waals surface area contributed by atoms with Crippen molar-refractivity contribution in [1.29, 1.82) is 0 Å². The van der Waals surface area contributed by atoms with Gasteiger partial charge in [-0.2, -0.15) is 0 Å². The fourth-order valence-electron chi connectivity index (χ4n) is 2.89. The van der Waals surface area contributed by atoms with Gasteiger partial charge >= 0.3 is 12.1 Å². The van der Waals surface area contributed by atoms with Gasteiger partial charge in [-0.25, -0.2) is 14.0 Å². The predicted octanol–water partition coefficient (Wildman–Crippen LogP) is 4.85. The summed E-state index contributed by atoms with van der Waals surface area (Å²) in [7, 11) is 0. The van der Waals surface area contributed by atoms with Crippen LogP contribution < -0.4 is 10.1 Å². The molecular weight excluding hydrogens is 377 g/mol. The van der Waals surface area contributed by atoms with Crippen molar-refractivity contribution >= 4 is 12.1 Å². The Balaban J connectivity index is 2.79. The van der Waals surface area contributed by atoms with Gasteiger partial charge in [0.1, 0.15) is 35.4 Å². The fourth-order valence-corrected chi connectivity index (χ4v) is 2.89. The summed E-state index contributed by atoms with van der Waals surface area (Å²) >= 11 is 0. The van der Waals surface area contributed by atoms with Crippen molar-refractivity contribution in [1.82, 2.24) is 5.32 Å². The molecular formula is C22H34FNO5. The van der Waals surface area contributed by atoms with Crippen LogP contribution in [0.25, 0.3) is 0 Å². The minimum atomic E-state index is -0.875. The van der Waals surface area contributed by atoms with Crippen LogP contribution in [0.15, 0.2) is 24.3 Å². The van der Waals surface area contributed by atoms with E-state index in [1.807, 2.05) is 13.8 Å². The normalized spacial score (nSPS) is 14.7. The first-order valence-corrected chi connectivity index (χ1v) is 10.1.